The molecule has 0 aromatic heterocycles. The summed E-state index contributed by atoms with van der Waals surface area (Å²) in [5.41, 5.74) is 0. The van der Waals surface area contributed by atoms with Crippen molar-refractivity contribution in [2.45, 2.75) is 20.3 Å². The standard InChI is InChI=1S/C4H9.2HI.Zn/c1-3-4-2;;;/h3H,4H2,1-2H3;2*1H;/q;;;+2/p-2. The Balaban J connectivity index is 0. The van der Waals surface area contributed by atoms with Crippen LogP contribution in [0, 0.1) is 6.42 Å². The van der Waals surface area contributed by atoms with Gasteiger partial charge in [0.25, 0.3) is 0 Å². The quantitative estimate of drug-likeness (QED) is 0.486. The molecule has 0 aliphatic carbocycles. The molecule has 0 N–H and O–H groups in total. The SMILES string of the molecule is C[CH]CC.[I][Zn][I]. The van der Waals surface area contributed by atoms with Crippen LogP contribution in [-0.4, -0.2) is 0 Å². The van der Waals surface area contributed by atoms with E-state index in [1.165, 1.54) is 6.42 Å². The van der Waals surface area contributed by atoms with Gasteiger partial charge in [0.1, 0.15) is 0 Å². The summed E-state index contributed by atoms with van der Waals surface area (Å²) >= 11 is 4.93. The Labute approximate surface area is 75.2 Å². The maximum atomic E-state index is 2.46. The molecule has 0 fully saturated rings. The fourth-order valence-corrected chi connectivity index (χ4v) is 0. The summed E-state index contributed by atoms with van der Waals surface area (Å²) in [4.78, 5) is 0. The molecule has 0 aromatic rings. The Hall–Kier alpha value is 2.08. The third kappa shape index (κ3) is 31.5. The van der Waals surface area contributed by atoms with Crippen molar-refractivity contribution in [2.75, 3.05) is 0 Å². The molecule has 0 saturated heterocycles. The van der Waals surface area contributed by atoms with Crippen molar-refractivity contribution in [1.82, 2.24) is 0 Å². The molecule has 0 bridgehead atoms. The van der Waals surface area contributed by atoms with Crippen LogP contribution in [-0.2, 0) is 10.1 Å². The molecule has 0 unspecified atom stereocenters. The van der Waals surface area contributed by atoms with Crippen LogP contribution in [0.4, 0.5) is 0 Å². The van der Waals surface area contributed by atoms with Gasteiger partial charge in [0.05, 0.1) is 0 Å². The van der Waals surface area contributed by atoms with Crippen molar-refractivity contribution in [1.29, 1.82) is 0 Å². The first-order valence-electron chi connectivity index (χ1n) is 2.23. The molecule has 0 aliphatic heterocycles. The molecule has 0 saturated carbocycles. The molecule has 1 radical (unpaired) electrons. The average Bonchev–Trinajstić information content (AvgIpc) is 1.69. The summed E-state index contributed by atoms with van der Waals surface area (Å²) in [5.74, 6) is 0. The van der Waals surface area contributed by atoms with Crippen molar-refractivity contribution < 1.29 is 10.1 Å². The van der Waals surface area contributed by atoms with E-state index < -0.39 is 0 Å². The van der Waals surface area contributed by atoms with Crippen molar-refractivity contribution in [3.8, 4) is 0 Å². The van der Waals surface area contributed by atoms with E-state index in [1.54, 1.807) is 0 Å². The van der Waals surface area contributed by atoms with E-state index in [9.17, 15) is 0 Å². The Morgan fingerprint density at radius 3 is 1.71 bits per heavy atom. The van der Waals surface area contributed by atoms with Gasteiger partial charge in [-0.25, -0.2) is 0 Å². The minimum absolute atomic E-state index is 0.0650. The summed E-state index contributed by atoms with van der Waals surface area (Å²) in [6.07, 6.45) is 3.32. The van der Waals surface area contributed by atoms with Gasteiger partial charge in [0.2, 0.25) is 0 Å². The molecule has 0 rings (SSSR count). The fourth-order valence-electron chi connectivity index (χ4n) is 0. The monoisotopic (exact) mass is 375 g/mol. The van der Waals surface area contributed by atoms with Crippen LogP contribution in [0.25, 0.3) is 0 Å². The van der Waals surface area contributed by atoms with E-state index in [2.05, 4.69) is 59.8 Å². The number of hydrogen-bond donors (Lipinski definition) is 0. The Kier molecular flexibility index (Phi) is 26.5. The van der Waals surface area contributed by atoms with Crippen LogP contribution >= 0.6 is 39.5 Å². The van der Waals surface area contributed by atoms with Gasteiger partial charge in [-0.05, 0) is 6.42 Å². The molecule has 0 heterocycles. The molecular weight excluding hydrogens is 367 g/mol. The number of unbranched alkanes of at least 4 members (excludes halogenated alkanes) is 1. The predicted molar refractivity (Wildman–Crippen MR) is 48.3 cm³/mol. The van der Waals surface area contributed by atoms with Crippen LogP contribution in [0.5, 0.6) is 0 Å². The van der Waals surface area contributed by atoms with Crippen molar-refractivity contribution in [3.05, 3.63) is 6.42 Å². The minimum atomic E-state index is 0.0650. The Morgan fingerprint density at radius 2 is 1.71 bits per heavy atom. The van der Waals surface area contributed by atoms with Gasteiger partial charge in [-0.1, -0.05) is 20.3 Å². The van der Waals surface area contributed by atoms with E-state index in [0.717, 1.165) is 0 Å². The van der Waals surface area contributed by atoms with E-state index in [-0.39, 0.29) is 10.1 Å². The molecule has 0 aromatic carbocycles. The second-order valence-electron chi connectivity index (χ2n) is 0.918. The van der Waals surface area contributed by atoms with Crippen LogP contribution in [0.2, 0.25) is 0 Å². The van der Waals surface area contributed by atoms with E-state index in [1.807, 2.05) is 0 Å². The number of hydrogen-bond acceptors (Lipinski definition) is 0. The predicted octanol–water partition coefficient (Wildman–Crippen LogP) is 3.39. The van der Waals surface area contributed by atoms with Crippen LogP contribution in [0.3, 0.4) is 0 Å². The number of halogens is 2. The average molecular weight is 376 g/mol. The summed E-state index contributed by atoms with van der Waals surface area (Å²) < 4.78 is 0. The zero-order chi connectivity index (χ0) is 6.12. The third-order valence-electron chi connectivity index (χ3n) is 0.408. The zero-order valence-electron chi connectivity index (χ0n) is 4.75. The van der Waals surface area contributed by atoms with Crippen molar-refractivity contribution in [2.24, 2.45) is 0 Å². The zero-order valence-corrected chi connectivity index (χ0v) is 12.0. The van der Waals surface area contributed by atoms with Gasteiger partial charge in [-0.3, -0.25) is 0 Å². The summed E-state index contributed by atoms with van der Waals surface area (Å²) in [7, 11) is 0.0650. The van der Waals surface area contributed by atoms with E-state index in [4.69, 9.17) is 0 Å². The molecule has 41 valence electrons. The molecule has 0 amide bonds. The molecule has 7 heavy (non-hydrogen) atoms. The first kappa shape index (κ1) is 11.8. The molecule has 3 heteroatoms. The number of rotatable bonds is 1. The topological polar surface area (TPSA) is 0 Å². The molecule has 0 nitrogen and oxygen atoms in total. The molecule has 0 atom stereocenters. The summed E-state index contributed by atoms with van der Waals surface area (Å²) in [6, 6.07) is 0. The first-order valence-corrected chi connectivity index (χ1v) is 20.3. The van der Waals surface area contributed by atoms with Crippen LogP contribution in [0.1, 0.15) is 20.3 Å². The van der Waals surface area contributed by atoms with Crippen LogP contribution in [0.15, 0.2) is 0 Å². The second kappa shape index (κ2) is 15.7. The molecular formula is C4H9I2Zn. The normalized spacial score (nSPS) is 5.71. The van der Waals surface area contributed by atoms with Crippen molar-refractivity contribution in [3.63, 3.8) is 0 Å². The second-order valence-corrected chi connectivity index (χ2v) is 24.4. The Morgan fingerprint density at radius 1 is 1.57 bits per heavy atom. The first-order chi connectivity index (χ1) is 3.33. The van der Waals surface area contributed by atoms with Crippen molar-refractivity contribution >= 4 is 39.5 Å². The van der Waals surface area contributed by atoms with Gasteiger partial charge < -0.3 is 0 Å². The van der Waals surface area contributed by atoms with Gasteiger partial charge in [-0.2, -0.15) is 0 Å². The van der Waals surface area contributed by atoms with Gasteiger partial charge in [-0.15, -0.1) is 0 Å². The third-order valence-corrected chi connectivity index (χ3v) is 0.408. The molecule has 0 spiro atoms. The fraction of sp³-hybridized carbons (Fsp3) is 0.750. The summed E-state index contributed by atoms with van der Waals surface area (Å²) in [6.45, 7) is 4.18. The van der Waals surface area contributed by atoms with E-state index in [0.29, 0.717) is 0 Å². The van der Waals surface area contributed by atoms with Gasteiger partial charge in [0, 0.05) is 0 Å². The maximum absolute atomic E-state index is 2.46. The molecule has 0 aliphatic rings. The van der Waals surface area contributed by atoms with Crippen LogP contribution < -0.4 is 0 Å². The van der Waals surface area contributed by atoms with Gasteiger partial charge in [0.15, 0.2) is 0 Å². The Bertz CT molecular complexity index is 17.2. The van der Waals surface area contributed by atoms with E-state index >= 15 is 0 Å². The summed E-state index contributed by atoms with van der Waals surface area (Å²) in [5, 5.41) is 0. The van der Waals surface area contributed by atoms with Gasteiger partial charge >= 0.3 is 49.6 Å².